The molecule has 2 aromatic rings. The second kappa shape index (κ2) is 8.52. The van der Waals surface area contributed by atoms with Gasteiger partial charge in [-0.1, -0.05) is 16.1 Å². The van der Waals surface area contributed by atoms with Gasteiger partial charge in [-0.15, -0.1) is 28.8 Å². The summed E-state index contributed by atoms with van der Waals surface area (Å²) in [5.41, 5.74) is 3.92. The van der Waals surface area contributed by atoms with E-state index in [1.165, 1.54) is 22.8 Å². The number of nitrogens with one attached hydrogen (secondary N) is 1. The highest BCUT2D eigenvalue weighted by atomic mass is 35.5. The summed E-state index contributed by atoms with van der Waals surface area (Å²) >= 11 is 9.13. The topological polar surface area (TPSA) is 53.9 Å². The number of aromatic nitrogens is 3. The van der Waals surface area contributed by atoms with E-state index in [-0.39, 0.29) is 12.4 Å². The molecule has 1 aliphatic heterocycles. The number of nitrogens with zero attached hydrogens (tertiary/aromatic N) is 4. The number of hydrogen-bond acceptors (Lipinski definition) is 7. The molecule has 0 aliphatic carbocycles. The predicted octanol–water partition coefficient (Wildman–Crippen LogP) is 2.99. The zero-order valence-corrected chi connectivity index (χ0v) is 15.5. The van der Waals surface area contributed by atoms with Crippen LogP contribution in [-0.2, 0) is 13.1 Å². The lowest BCUT2D eigenvalue weighted by Gasteiger charge is -2.24. The van der Waals surface area contributed by atoms with E-state index in [0.29, 0.717) is 10.3 Å². The number of rotatable bonds is 6. The van der Waals surface area contributed by atoms with Gasteiger partial charge in [0, 0.05) is 36.0 Å². The van der Waals surface area contributed by atoms with Gasteiger partial charge >= 0.3 is 0 Å². The van der Waals surface area contributed by atoms with Crippen LogP contribution in [0.1, 0.15) is 22.7 Å². The number of halogens is 2. The molecule has 1 saturated heterocycles. The average molecular weight is 380 g/mol. The molecule has 0 radical (unpaired) electrons. The van der Waals surface area contributed by atoms with Crippen molar-refractivity contribution in [2.75, 3.05) is 19.6 Å². The minimum Gasteiger partial charge on any atom is -0.316 e. The first-order valence-corrected chi connectivity index (χ1v) is 9.04. The van der Waals surface area contributed by atoms with E-state index >= 15 is 0 Å². The molecule has 122 valence electrons. The molecule has 9 heteroatoms. The maximum atomic E-state index is 6.16. The molecule has 5 nitrogen and oxygen atoms in total. The Balaban J connectivity index is 0.00000176. The molecule has 0 saturated carbocycles. The normalized spacial score (nSPS) is 17.9. The van der Waals surface area contributed by atoms with Crippen LogP contribution in [0, 0.1) is 12.8 Å². The summed E-state index contributed by atoms with van der Waals surface area (Å²) in [6, 6.07) is 0. The van der Waals surface area contributed by atoms with Crippen molar-refractivity contribution in [1.82, 2.24) is 24.8 Å². The molecular formula is C13H19Cl2N5S2. The van der Waals surface area contributed by atoms with Crippen LogP contribution >= 0.6 is 46.9 Å². The lowest BCUT2D eigenvalue weighted by molar-refractivity contribution is 0.219. The lowest BCUT2D eigenvalue weighted by atomic mass is 10.1. The Kier molecular flexibility index (Phi) is 6.98. The van der Waals surface area contributed by atoms with Crippen molar-refractivity contribution in [3.63, 3.8) is 0 Å². The molecule has 3 heterocycles. The van der Waals surface area contributed by atoms with Crippen molar-refractivity contribution in [2.24, 2.45) is 5.92 Å². The molecule has 0 spiro atoms. The highest BCUT2D eigenvalue weighted by molar-refractivity contribution is 7.10. The van der Waals surface area contributed by atoms with E-state index < -0.39 is 0 Å². The molecule has 1 aliphatic rings. The van der Waals surface area contributed by atoms with Crippen molar-refractivity contribution in [1.29, 1.82) is 0 Å². The third kappa shape index (κ3) is 4.59. The van der Waals surface area contributed by atoms with Crippen LogP contribution in [0.5, 0.6) is 0 Å². The molecule has 3 rings (SSSR count). The summed E-state index contributed by atoms with van der Waals surface area (Å²) in [5, 5.41) is 7.58. The van der Waals surface area contributed by atoms with E-state index in [9.17, 15) is 0 Å². The van der Waals surface area contributed by atoms with E-state index in [0.717, 1.165) is 44.1 Å². The lowest BCUT2D eigenvalue weighted by Crippen LogP contribution is -2.30. The quantitative estimate of drug-likeness (QED) is 0.835. The zero-order valence-electron chi connectivity index (χ0n) is 12.3. The summed E-state index contributed by atoms with van der Waals surface area (Å²) in [6.45, 7) is 7.00. The van der Waals surface area contributed by atoms with Gasteiger partial charge in [0.05, 0.1) is 11.2 Å². The van der Waals surface area contributed by atoms with Gasteiger partial charge in [0.1, 0.15) is 10.0 Å². The summed E-state index contributed by atoms with van der Waals surface area (Å²) < 4.78 is 4.63. The third-order valence-corrected chi connectivity index (χ3v) is 5.68. The van der Waals surface area contributed by atoms with Crippen LogP contribution in [0.4, 0.5) is 0 Å². The molecule has 22 heavy (non-hydrogen) atoms. The summed E-state index contributed by atoms with van der Waals surface area (Å²) in [7, 11) is 0. The Labute approximate surface area is 149 Å². The van der Waals surface area contributed by atoms with E-state index in [1.54, 1.807) is 11.3 Å². The van der Waals surface area contributed by atoms with Crippen LogP contribution < -0.4 is 5.32 Å². The van der Waals surface area contributed by atoms with Gasteiger partial charge in [-0.05, 0) is 32.4 Å². The fraction of sp³-hybridized carbons (Fsp3) is 0.615. The maximum absolute atomic E-state index is 6.16. The van der Waals surface area contributed by atoms with Gasteiger partial charge in [0.15, 0.2) is 0 Å². The number of thiazole rings is 1. The maximum Gasteiger partial charge on any atom is 0.138 e. The third-order valence-electron chi connectivity index (χ3n) is 3.77. The minimum absolute atomic E-state index is 0. The van der Waals surface area contributed by atoms with Crippen LogP contribution in [0.15, 0.2) is 5.51 Å². The van der Waals surface area contributed by atoms with E-state index in [1.807, 2.05) is 5.51 Å². The van der Waals surface area contributed by atoms with Crippen molar-refractivity contribution in [2.45, 2.75) is 26.4 Å². The average Bonchev–Trinajstić information content (AvgIpc) is 3.17. The predicted molar refractivity (Wildman–Crippen MR) is 94.1 cm³/mol. The van der Waals surface area contributed by atoms with Crippen molar-refractivity contribution < 1.29 is 0 Å². The van der Waals surface area contributed by atoms with Crippen LogP contribution in [-0.4, -0.2) is 39.1 Å². The Morgan fingerprint density at radius 2 is 2.32 bits per heavy atom. The van der Waals surface area contributed by atoms with E-state index in [2.05, 4.69) is 31.7 Å². The van der Waals surface area contributed by atoms with Crippen molar-refractivity contribution in [3.8, 4) is 0 Å². The van der Waals surface area contributed by atoms with Crippen molar-refractivity contribution >= 4 is 46.9 Å². The Morgan fingerprint density at radius 3 is 2.91 bits per heavy atom. The van der Waals surface area contributed by atoms with Crippen molar-refractivity contribution in [3.05, 3.63) is 26.1 Å². The summed E-state index contributed by atoms with van der Waals surface area (Å²) in [5.74, 6) is 0.698. The molecule has 0 aromatic carbocycles. The second-order valence-corrected chi connectivity index (χ2v) is 7.68. The fourth-order valence-corrected chi connectivity index (χ4v) is 4.03. The smallest absolute Gasteiger partial charge is 0.138 e. The number of hydrogen-bond donors (Lipinski definition) is 1. The Bertz CT molecular complexity index is 540. The molecule has 0 amide bonds. The molecular weight excluding hydrogens is 361 g/mol. The summed E-state index contributed by atoms with van der Waals surface area (Å²) in [4.78, 5) is 8.08. The first kappa shape index (κ1) is 18.0. The van der Waals surface area contributed by atoms with Gasteiger partial charge in [-0.25, -0.2) is 4.98 Å². The molecule has 1 N–H and O–H groups in total. The molecule has 2 aromatic heterocycles. The number of aryl methyl sites for hydroxylation is 1. The largest absolute Gasteiger partial charge is 0.316 e. The van der Waals surface area contributed by atoms with E-state index in [4.69, 9.17) is 11.6 Å². The second-order valence-electron chi connectivity index (χ2n) is 5.38. The standard InChI is InChI=1S/C13H18ClN5S2.ClH/c1-9-12(20-8-16-9)7-19(5-10-2-3-15-4-10)6-11-13(14)21-18-17-11;/h8,10,15H,2-7H2,1H3;1H. The van der Waals surface area contributed by atoms with Gasteiger partial charge in [-0.3, -0.25) is 4.90 Å². The molecule has 1 atom stereocenters. The minimum atomic E-state index is 0. The first-order chi connectivity index (χ1) is 10.2. The Hall–Kier alpha value is -0.310. The molecule has 1 fully saturated rings. The molecule has 0 bridgehead atoms. The Morgan fingerprint density at radius 1 is 1.45 bits per heavy atom. The highest BCUT2D eigenvalue weighted by Gasteiger charge is 2.21. The van der Waals surface area contributed by atoms with Crippen LogP contribution in [0.2, 0.25) is 4.34 Å². The SMILES string of the molecule is Cc1ncsc1CN(Cc1nnsc1Cl)CC1CCNC1.Cl. The van der Waals surface area contributed by atoms with Gasteiger partial charge in [0.2, 0.25) is 0 Å². The first-order valence-electron chi connectivity index (χ1n) is 7.01. The van der Waals surface area contributed by atoms with Gasteiger partial charge in [-0.2, -0.15) is 0 Å². The monoisotopic (exact) mass is 379 g/mol. The highest BCUT2D eigenvalue weighted by Crippen LogP contribution is 2.23. The zero-order chi connectivity index (χ0) is 14.7. The molecule has 1 unspecified atom stereocenters. The van der Waals surface area contributed by atoms with Crippen LogP contribution in [0.3, 0.4) is 0 Å². The fourth-order valence-electron chi connectivity index (χ4n) is 2.60. The van der Waals surface area contributed by atoms with Crippen LogP contribution in [0.25, 0.3) is 0 Å². The summed E-state index contributed by atoms with van der Waals surface area (Å²) in [6.07, 6.45) is 1.24. The van der Waals surface area contributed by atoms with Gasteiger partial charge in [0.25, 0.3) is 0 Å². The van der Waals surface area contributed by atoms with Gasteiger partial charge < -0.3 is 5.32 Å².